The third kappa shape index (κ3) is 3.09. The fourth-order valence-electron chi connectivity index (χ4n) is 1.54. The summed E-state index contributed by atoms with van der Waals surface area (Å²) in [7, 11) is 1.52. The Labute approximate surface area is 115 Å². The van der Waals surface area contributed by atoms with Gasteiger partial charge in [-0.2, -0.15) is 5.26 Å². The minimum absolute atomic E-state index is 0.435. The van der Waals surface area contributed by atoms with Gasteiger partial charge in [0.2, 0.25) is 0 Å². The Bertz CT molecular complexity index is 650. The molecule has 2 aromatic rings. The third-order valence-corrected chi connectivity index (χ3v) is 2.68. The van der Waals surface area contributed by atoms with Gasteiger partial charge in [-0.15, -0.1) is 0 Å². The second-order valence-corrected chi connectivity index (χ2v) is 4.23. The van der Waals surface area contributed by atoms with Crippen LogP contribution in [0.3, 0.4) is 0 Å². The number of nitrogens with two attached hydrogens (primary N) is 1. The van der Waals surface area contributed by atoms with Crippen LogP contribution in [-0.4, -0.2) is 7.11 Å². The molecule has 0 spiro atoms. The van der Waals surface area contributed by atoms with Gasteiger partial charge in [0.15, 0.2) is 5.75 Å². The number of nitriles is 1. The van der Waals surface area contributed by atoms with Crippen molar-refractivity contribution in [3.8, 4) is 23.3 Å². The molecule has 0 amide bonds. The smallest absolute Gasteiger partial charge is 0.151 e. The van der Waals surface area contributed by atoms with Crippen LogP contribution in [0.2, 0.25) is 5.02 Å². The van der Waals surface area contributed by atoms with Gasteiger partial charge in [-0.25, -0.2) is 0 Å². The van der Waals surface area contributed by atoms with Crippen LogP contribution in [-0.2, 0) is 0 Å². The first-order valence-corrected chi connectivity index (χ1v) is 5.82. The lowest BCUT2D eigenvalue weighted by Gasteiger charge is -2.10. The van der Waals surface area contributed by atoms with Gasteiger partial charge in [-0.05, 0) is 24.3 Å². The summed E-state index contributed by atoms with van der Waals surface area (Å²) in [5.74, 6) is 1.43. The fraction of sp³-hybridized carbons (Fsp3) is 0.0714. The number of ether oxygens (including phenoxy) is 2. The number of hydrogen-bond acceptors (Lipinski definition) is 4. The summed E-state index contributed by atoms with van der Waals surface area (Å²) in [6.45, 7) is 0. The predicted octanol–water partition coefficient (Wildman–Crippen LogP) is 3.59. The van der Waals surface area contributed by atoms with E-state index in [2.05, 4.69) is 0 Å². The van der Waals surface area contributed by atoms with Crippen molar-refractivity contribution in [1.82, 2.24) is 0 Å². The molecule has 0 heterocycles. The van der Waals surface area contributed by atoms with E-state index in [1.807, 2.05) is 6.07 Å². The van der Waals surface area contributed by atoms with Crippen LogP contribution < -0.4 is 15.2 Å². The van der Waals surface area contributed by atoms with E-state index < -0.39 is 0 Å². The van der Waals surface area contributed by atoms with Gasteiger partial charge in [0, 0.05) is 17.2 Å². The molecule has 19 heavy (non-hydrogen) atoms. The van der Waals surface area contributed by atoms with Crippen molar-refractivity contribution in [2.75, 3.05) is 12.8 Å². The van der Waals surface area contributed by atoms with E-state index in [0.717, 1.165) is 0 Å². The molecule has 0 aliphatic heterocycles. The summed E-state index contributed by atoms with van der Waals surface area (Å²) in [6.07, 6.45) is 0. The second kappa shape index (κ2) is 5.51. The van der Waals surface area contributed by atoms with Gasteiger partial charge in [0.05, 0.1) is 24.4 Å². The lowest BCUT2D eigenvalue weighted by Crippen LogP contribution is -1.93. The predicted molar refractivity (Wildman–Crippen MR) is 73.6 cm³/mol. The lowest BCUT2D eigenvalue weighted by molar-refractivity contribution is 0.409. The molecular formula is C14H11ClN2O2. The van der Waals surface area contributed by atoms with Crippen molar-refractivity contribution < 1.29 is 9.47 Å². The van der Waals surface area contributed by atoms with Crippen LogP contribution in [0.4, 0.5) is 5.69 Å². The number of hydrogen-bond donors (Lipinski definition) is 1. The van der Waals surface area contributed by atoms with Gasteiger partial charge in [-0.1, -0.05) is 11.6 Å². The second-order valence-electron chi connectivity index (χ2n) is 3.79. The maximum absolute atomic E-state index is 8.94. The molecule has 0 aromatic heterocycles. The SMILES string of the molecule is COc1cc(C#N)cc(Oc2cc(Cl)ccc2N)c1. The van der Waals surface area contributed by atoms with Crippen LogP contribution in [0, 0.1) is 11.3 Å². The highest BCUT2D eigenvalue weighted by Crippen LogP contribution is 2.32. The number of anilines is 1. The monoisotopic (exact) mass is 274 g/mol. The summed E-state index contributed by atoms with van der Waals surface area (Å²) >= 11 is 5.89. The van der Waals surface area contributed by atoms with E-state index >= 15 is 0 Å². The molecule has 0 unspecified atom stereocenters. The zero-order valence-electron chi connectivity index (χ0n) is 10.2. The average molecular weight is 275 g/mol. The zero-order chi connectivity index (χ0) is 13.8. The maximum atomic E-state index is 8.94. The van der Waals surface area contributed by atoms with Gasteiger partial charge >= 0.3 is 0 Å². The standard InChI is InChI=1S/C14H11ClN2O2/c1-18-11-4-9(8-16)5-12(7-11)19-14-6-10(15)2-3-13(14)17/h2-7H,17H2,1H3. The lowest BCUT2D eigenvalue weighted by atomic mass is 10.2. The first kappa shape index (κ1) is 13.1. The Morgan fingerprint density at radius 1 is 1.16 bits per heavy atom. The van der Waals surface area contributed by atoms with Crippen LogP contribution in [0.25, 0.3) is 0 Å². The van der Waals surface area contributed by atoms with Crippen LogP contribution in [0.5, 0.6) is 17.2 Å². The molecule has 0 atom stereocenters. The van der Waals surface area contributed by atoms with E-state index in [1.165, 1.54) is 7.11 Å². The Morgan fingerprint density at radius 3 is 2.58 bits per heavy atom. The molecule has 0 aliphatic carbocycles. The number of methoxy groups -OCH3 is 1. The van der Waals surface area contributed by atoms with Gasteiger partial charge in [0.25, 0.3) is 0 Å². The molecule has 0 fully saturated rings. The number of benzene rings is 2. The number of rotatable bonds is 3. The quantitative estimate of drug-likeness (QED) is 0.869. The average Bonchev–Trinajstić information content (AvgIpc) is 2.42. The molecule has 2 N–H and O–H groups in total. The van der Waals surface area contributed by atoms with Crippen LogP contribution >= 0.6 is 11.6 Å². The first-order chi connectivity index (χ1) is 9.12. The Hall–Kier alpha value is -2.38. The number of nitrogens with zero attached hydrogens (tertiary/aromatic N) is 1. The fourth-order valence-corrected chi connectivity index (χ4v) is 1.70. The highest BCUT2D eigenvalue weighted by atomic mass is 35.5. The molecule has 0 radical (unpaired) electrons. The summed E-state index contributed by atoms with van der Waals surface area (Å²) in [6, 6.07) is 11.9. The molecule has 2 aromatic carbocycles. The topological polar surface area (TPSA) is 68.3 Å². The van der Waals surface area contributed by atoms with Crippen molar-refractivity contribution in [1.29, 1.82) is 5.26 Å². The zero-order valence-corrected chi connectivity index (χ0v) is 10.9. The van der Waals surface area contributed by atoms with Crippen molar-refractivity contribution in [2.45, 2.75) is 0 Å². The molecular weight excluding hydrogens is 264 g/mol. The van der Waals surface area contributed by atoms with Crippen molar-refractivity contribution in [2.24, 2.45) is 0 Å². The van der Waals surface area contributed by atoms with Crippen LogP contribution in [0.15, 0.2) is 36.4 Å². The molecule has 0 saturated carbocycles. The van der Waals surface area contributed by atoms with E-state index in [4.69, 9.17) is 32.1 Å². The minimum Gasteiger partial charge on any atom is -0.497 e. The normalized spacial score (nSPS) is 9.74. The number of nitrogen functional groups attached to an aromatic ring is 1. The molecule has 0 aliphatic rings. The molecule has 5 heteroatoms. The molecule has 2 rings (SSSR count). The van der Waals surface area contributed by atoms with E-state index in [9.17, 15) is 0 Å². The summed E-state index contributed by atoms with van der Waals surface area (Å²) in [5.41, 5.74) is 6.70. The highest BCUT2D eigenvalue weighted by Gasteiger charge is 2.06. The van der Waals surface area contributed by atoms with Gasteiger partial charge in [0.1, 0.15) is 11.5 Å². The minimum atomic E-state index is 0.435. The summed E-state index contributed by atoms with van der Waals surface area (Å²) in [4.78, 5) is 0. The molecule has 96 valence electrons. The Morgan fingerprint density at radius 2 is 1.89 bits per heavy atom. The van der Waals surface area contributed by atoms with Gasteiger partial charge in [-0.3, -0.25) is 0 Å². The van der Waals surface area contributed by atoms with Crippen molar-refractivity contribution in [3.63, 3.8) is 0 Å². The first-order valence-electron chi connectivity index (χ1n) is 5.44. The van der Waals surface area contributed by atoms with E-state index in [-0.39, 0.29) is 0 Å². The third-order valence-electron chi connectivity index (χ3n) is 2.45. The molecule has 4 nitrogen and oxygen atoms in total. The van der Waals surface area contributed by atoms with Crippen molar-refractivity contribution >= 4 is 17.3 Å². The van der Waals surface area contributed by atoms with E-state index in [0.29, 0.717) is 33.5 Å². The van der Waals surface area contributed by atoms with Crippen LogP contribution in [0.1, 0.15) is 5.56 Å². The highest BCUT2D eigenvalue weighted by molar-refractivity contribution is 6.30. The van der Waals surface area contributed by atoms with E-state index in [1.54, 1.807) is 36.4 Å². The van der Waals surface area contributed by atoms with Crippen molar-refractivity contribution in [3.05, 3.63) is 47.0 Å². The number of halogens is 1. The maximum Gasteiger partial charge on any atom is 0.151 e. The Kier molecular flexibility index (Phi) is 3.79. The van der Waals surface area contributed by atoms with Gasteiger partial charge < -0.3 is 15.2 Å². The Balaban J connectivity index is 2.38. The molecule has 0 saturated heterocycles. The summed E-state index contributed by atoms with van der Waals surface area (Å²) < 4.78 is 10.7. The largest absolute Gasteiger partial charge is 0.497 e. The summed E-state index contributed by atoms with van der Waals surface area (Å²) in [5, 5.41) is 9.46. The molecule has 0 bridgehead atoms.